The summed E-state index contributed by atoms with van der Waals surface area (Å²) in [4.78, 5) is 34.9. The zero-order valence-electron chi connectivity index (χ0n) is 16.3. The summed E-state index contributed by atoms with van der Waals surface area (Å²) in [5.41, 5.74) is 4.50. The number of nitro groups is 1. The number of nitrogens with zero attached hydrogens (tertiary/aromatic N) is 2. The van der Waals surface area contributed by atoms with Crippen LogP contribution >= 0.6 is 11.6 Å². The fourth-order valence-corrected chi connectivity index (χ4v) is 2.78. The first-order valence-electron chi connectivity index (χ1n) is 9.10. The highest BCUT2D eigenvalue weighted by molar-refractivity contribution is 6.30. The van der Waals surface area contributed by atoms with Crippen LogP contribution in [0.25, 0.3) is 0 Å². The molecule has 0 fully saturated rings. The monoisotopic (exact) mass is 436 g/mol. The lowest BCUT2D eigenvalue weighted by Crippen LogP contribution is -2.19. The summed E-state index contributed by atoms with van der Waals surface area (Å²) in [5, 5.41) is 18.2. The SMILES string of the molecule is CC(=NNC(=O)c1cccc([N+](=O)[O-])c1)c1cccc(NC(=O)c2ccc(Cl)cc2)c1. The minimum absolute atomic E-state index is 0.120. The van der Waals surface area contributed by atoms with Gasteiger partial charge in [-0.3, -0.25) is 19.7 Å². The van der Waals surface area contributed by atoms with E-state index < -0.39 is 10.8 Å². The smallest absolute Gasteiger partial charge is 0.271 e. The van der Waals surface area contributed by atoms with Crippen LogP contribution in [0.5, 0.6) is 0 Å². The number of hydrogen-bond acceptors (Lipinski definition) is 5. The molecule has 3 aromatic rings. The Kier molecular flexibility index (Phi) is 6.74. The lowest BCUT2D eigenvalue weighted by molar-refractivity contribution is -0.384. The molecule has 0 aromatic heterocycles. The van der Waals surface area contributed by atoms with Gasteiger partial charge in [-0.25, -0.2) is 5.43 Å². The van der Waals surface area contributed by atoms with Gasteiger partial charge in [0.15, 0.2) is 0 Å². The molecule has 0 bridgehead atoms. The highest BCUT2D eigenvalue weighted by Crippen LogP contribution is 2.16. The maximum absolute atomic E-state index is 12.4. The summed E-state index contributed by atoms with van der Waals surface area (Å²) in [6, 6.07) is 18.8. The number of non-ortho nitro benzene ring substituents is 1. The minimum Gasteiger partial charge on any atom is -0.322 e. The quantitative estimate of drug-likeness (QED) is 0.332. The van der Waals surface area contributed by atoms with Crippen LogP contribution in [0.4, 0.5) is 11.4 Å². The Labute approximate surface area is 182 Å². The van der Waals surface area contributed by atoms with E-state index in [9.17, 15) is 19.7 Å². The molecule has 2 N–H and O–H groups in total. The Balaban J connectivity index is 1.69. The zero-order chi connectivity index (χ0) is 22.4. The standard InChI is InChI=1S/C22H17ClN4O4/c1-14(25-26-22(29)17-5-3-7-20(13-17)27(30)31)16-4-2-6-19(12-16)24-21(28)15-8-10-18(23)11-9-15/h2-13H,1H3,(H,24,28)(H,26,29). The third-order valence-corrected chi connectivity index (χ3v) is 4.54. The van der Waals surface area contributed by atoms with Gasteiger partial charge in [0.05, 0.1) is 10.6 Å². The summed E-state index contributed by atoms with van der Waals surface area (Å²) in [6.45, 7) is 1.69. The topological polar surface area (TPSA) is 114 Å². The maximum Gasteiger partial charge on any atom is 0.271 e. The van der Waals surface area contributed by atoms with E-state index >= 15 is 0 Å². The fraction of sp³-hybridized carbons (Fsp3) is 0.0455. The second kappa shape index (κ2) is 9.64. The fourth-order valence-electron chi connectivity index (χ4n) is 2.65. The number of anilines is 1. The van der Waals surface area contributed by atoms with E-state index in [-0.39, 0.29) is 17.2 Å². The van der Waals surface area contributed by atoms with Crippen LogP contribution in [-0.4, -0.2) is 22.4 Å². The van der Waals surface area contributed by atoms with Crippen LogP contribution in [0.1, 0.15) is 33.2 Å². The summed E-state index contributed by atoms with van der Waals surface area (Å²) >= 11 is 5.84. The van der Waals surface area contributed by atoms with E-state index in [0.717, 1.165) is 0 Å². The maximum atomic E-state index is 12.4. The van der Waals surface area contributed by atoms with Crippen molar-refractivity contribution in [2.45, 2.75) is 6.92 Å². The van der Waals surface area contributed by atoms with Crippen LogP contribution in [-0.2, 0) is 0 Å². The van der Waals surface area contributed by atoms with E-state index in [1.165, 1.54) is 24.3 Å². The van der Waals surface area contributed by atoms with Gasteiger partial charge < -0.3 is 5.32 Å². The Morgan fingerprint density at radius 2 is 1.58 bits per heavy atom. The zero-order valence-corrected chi connectivity index (χ0v) is 17.1. The summed E-state index contributed by atoms with van der Waals surface area (Å²) in [6.07, 6.45) is 0. The molecule has 0 heterocycles. The van der Waals surface area contributed by atoms with Gasteiger partial charge in [0, 0.05) is 34.0 Å². The first-order chi connectivity index (χ1) is 14.8. The summed E-state index contributed by atoms with van der Waals surface area (Å²) in [7, 11) is 0. The van der Waals surface area contributed by atoms with Gasteiger partial charge in [0.1, 0.15) is 0 Å². The molecule has 3 aromatic carbocycles. The molecule has 0 atom stereocenters. The number of rotatable bonds is 6. The van der Waals surface area contributed by atoms with Gasteiger partial charge in [-0.2, -0.15) is 5.10 Å². The van der Waals surface area contributed by atoms with Gasteiger partial charge in [-0.15, -0.1) is 0 Å². The molecule has 0 unspecified atom stereocenters. The molecule has 0 aliphatic carbocycles. The van der Waals surface area contributed by atoms with Gasteiger partial charge in [-0.05, 0) is 55.0 Å². The van der Waals surface area contributed by atoms with Crippen molar-refractivity contribution in [1.82, 2.24) is 5.43 Å². The molecule has 2 amide bonds. The molecule has 156 valence electrons. The molecule has 0 aliphatic rings. The van der Waals surface area contributed by atoms with Gasteiger partial charge >= 0.3 is 0 Å². The predicted octanol–water partition coefficient (Wildman–Crippen LogP) is 4.65. The number of hydrogen-bond donors (Lipinski definition) is 2. The number of halogens is 1. The summed E-state index contributed by atoms with van der Waals surface area (Å²) < 4.78 is 0. The van der Waals surface area contributed by atoms with Crippen molar-refractivity contribution in [2.75, 3.05) is 5.32 Å². The highest BCUT2D eigenvalue weighted by Gasteiger charge is 2.11. The third kappa shape index (κ3) is 5.74. The van der Waals surface area contributed by atoms with Crippen molar-refractivity contribution in [2.24, 2.45) is 5.10 Å². The number of nitro benzene ring substituents is 1. The lowest BCUT2D eigenvalue weighted by Gasteiger charge is -2.08. The Hall–Kier alpha value is -4.04. The van der Waals surface area contributed by atoms with Crippen LogP contribution in [0.3, 0.4) is 0 Å². The number of hydrazone groups is 1. The number of nitrogens with one attached hydrogen (secondary N) is 2. The van der Waals surface area contributed by atoms with E-state index in [2.05, 4.69) is 15.8 Å². The van der Waals surface area contributed by atoms with Crippen molar-refractivity contribution in [1.29, 1.82) is 0 Å². The van der Waals surface area contributed by atoms with Crippen molar-refractivity contribution in [3.8, 4) is 0 Å². The highest BCUT2D eigenvalue weighted by atomic mass is 35.5. The van der Waals surface area contributed by atoms with E-state index in [0.29, 0.717) is 27.5 Å². The molecular weight excluding hydrogens is 420 g/mol. The van der Waals surface area contributed by atoms with Gasteiger partial charge in [-0.1, -0.05) is 29.8 Å². The number of carbonyl (C=O) groups excluding carboxylic acids is 2. The first-order valence-corrected chi connectivity index (χ1v) is 9.48. The van der Waals surface area contributed by atoms with Crippen molar-refractivity contribution >= 4 is 40.5 Å². The predicted molar refractivity (Wildman–Crippen MR) is 119 cm³/mol. The molecule has 31 heavy (non-hydrogen) atoms. The Bertz CT molecular complexity index is 1180. The van der Waals surface area contributed by atoms with Crippen molar-refractivity contribution in [3.05, 3.63) is 105 Å². The molecule has 0 aliphatic heterocycles. The lowest BCUT2D eigenvalue weighted by atomic mass is 10.1. The Morgan fingerprint density at radius 3 is 2.29 bits per heavy atom. The van der Waals surface area contributed by atoms with Crippen LogP contribution in [0, 0.1) is 10.1 Å². The molecule has 0 saturated carbocycles. The van der Waals surface area contributed by atoms with Crippen LogP contribution in [0.2, 0.25) is 5.02 Å². The second-order valence-electron chi connectivity index (χ2n) is 6.49. The number of benzene rings is 3. The van der Waals surface area contributed by atoms with Crippen molar-refractivity contribution in [3.63, 3.8) is 0 Å². The van der Waals surface area contributed by atoms with Gasteiger partial charge in [0.25, 0.3) is 17.5 Å². The summed E-state index contributed by atoms with van der Waals surface area (Å²) in [5.74, 6) is -0.863. The largest absolute Gasteiger partial charge is 0.322 e. The molecule has 0 spiro atoms. The number of amides is 2. The third-order valence-electron chi connectivity index (χ3n) is 4.29. The van der Waals surface area contributed by atoms with E-state index in [4.69, 9.17) is 11.6 Å². The normalized spacial score (nSPS) is 11.0. The molecule has 9 heteroatoms. The van der Waals surface area contributed by atoms with Crippen molar-refractivity contribution < 1.29 is 14.5 Å². The molecule has 3 rings (SSSR count). The average Bonchev–Trinajstić information content (AvgIpc) is 2.77. The van der Waals surface area contributed by atoms with E-state index in [1.807, 2.05) is 0 Å². The molecule has 0 saturated heterocycles. The molecular formula is C22H17ClN4O4. The second-order valence-corrected chi connectivity index (χ2v) is 6.92. The molecule has 0 radical (unpaired) electrons. The van der Waals surface area contributed by atoms with E-state index in [1.54, 1.807) is 55.5 Å². The number of carbonyl (C=O) groups is 2. The average molecular weight is 437 g/mol. The van der Waals surface area contributed by atoms with Gasteiger partial charge in [0.2, 0.25) is 0 Å². The minimum atomic E-state index is -0.574. The first kappa shape index (κ1) is 21.7. The van der Waals surface area contributed by atoms with Crippen LogP contribution in [0.15, 0.2) is 77.9 Å². The Morgan fingerprint density at radius 1 is 0.903 bits per heavy atom. The molecule has 8 nitrogen and oxygen atoms in total. The van der Waals surface area contributed by atoms with Crippen LogP contribution < -0.4 is 10.7 Å².